The van der Waals surface area contributed by atoms with E-state index in [2.05, 4.69) is 4.36 Å². The molecule has 1 aliphatic carbocycles. The zero-order chi connectivity index (χ0) is 21.1. The van der Waals surface area contributed by atoms with Crippen LogP contribution < -0.4 is 0 Å². The Morgan fingerprint density at radius 2 is 2.14 bits per heavy atom. The first-order chi connectivity index (χ1) is 13.7. The molecule has 2 atom stereocenters. The molecule has 3 rings (SSSR count). The monoisotopic (exact) mass is 448 g/mol. The molecule has 1 aromatic heterocycles. The summed E-state index contributed by atoms with van der Waals surface area (Å²) < 4.78 is 49.3. The van der Waals surface area contributed by atoms with E-state index < -0.39 is 33.9 Å². The smallest absolute Gasteiger partial charge is 0.263 e. The van der Waals surface area contributed by atoms with Gasteiger partial charge in [0.2, 0.25) is 5.92 Å². The van der Waals surface area contributed by atoms with Crippen LogP contribution in [0, 0.1) is 5.92 Å². The van der Waals surface area contributed by atoms with Gasteiger partial charge in [-0.1, -0.05) is 0 Å². The number of thiophene rings is 1. The maximum absolute atomic E-state index is 13.6. The molecule has 6 nitrogen and oxygen atoms in total. The van der Waals surface area contributed by atoms with Crippen LogP contribution in [0.25, 0.3) is 0 Å². The van der Waals surface area contributed by atoms with Gasteiger partial charge in [0.1, 0.15) is 0 Å². The van der Waals surface area contributed by atoms with Crippen molar-refractivity contribution in [2.75, 3.05) is 31.7 Å². The molecule has 10 heteroatoms. The molecule has 2 aliphatic rings. The lowest BCUT2D eigenvalue weighted by Gasteiger charge is -2.26. The summed E-state index contributed by atoms with van der Waals surface area (Å²) in [5.74, 6) is -4.23. The predicted octanol–water partition coefficient (Wildman–Crippen LogP) is 3.56. The number of rotatable bonds is 4. The Labute approximate surface area is 173 Å². The van der Waals surface area contributed by atoms with E-state index in [4.69, 9.17) is 4.74 Å². The van der Waals surface area contributed by atoms with Crippen molar-refractivity contribution in [1.29, 1.82) is 0 Å². The number of carbonyl (C=O) groups is 2. The van der Waals surface area contributed by atoms with Gasteiger partial charge in [-0.2, -0.15) is 4.36 Å². The minimum Gasteiger partial charge on any atom is -0.380 e. The standard InChI is InChI=1S/C19H26F2N2O4S2/c1-27-12-14-10-16(28-13-14)18(25)23-6-3-8-29(26,9-7-23)22-17(24)15-4-2-5-19(20,21)11-15/h10,13,15H,2-9,11-12H2,1H3. The predicted molar refractivity (Wildman–Crippen MR) is 108 cm³/mol. The molecule has 0 N–H and O–H groups in total. The molecular weight excluding hydrogens is 422 g/mol. The van der Waals surface area contributed by atoms with Crippen molar-refractivity contribution < 1.29 is 27.3 Å². The van der Waals surface area contributed by atoms with Crippen LogP contribution in [0.3, 0.4) is 0 Å². The van der Waals surface area contributed by atoms with Crippen LogP contribution in [-0.2, 0) is 25.9 Å². The minimum absolute atomic E-state index is 0.0872. The van der Waals surface area contributed by atoms with Crippen LogP contribution in [0.4, 0.5) is 8.78 Å². The molecule has 0 bridgehead atoms. The second-order valence-corrected chi connectivity index (χ2v) is 11.1. The van der Waals surface area contributed by atoms with Gasteiger partial charge >= 0.3 is 0 Å². The maximum Gasteiger partial charge on any atom is 0.263 e. The number of amides is 2. The van der Waals surface area contributed by atoms with E-state index in [0.29, 0.717) is 30.9 Å². The molecule has 162 valence electrons. The topological polar surface area (TPSA) is 76.0 Å². The summed E-state index contributed by atoms with van der Waals surface area (Å²) in [6, 6.07) is 1.79. The molecule has 2 unspecified atom stereocenters. The van der Waals surface area contributed by atoms with Crippen LogP contribution in [-0.4, -0.2) is 58.6 Å². The van der Waals surface area contributed by atoms with Gasteiger partial charge in [-0.3, -0.25) is 9.59 Å². The number of nitrogens with zero attached hydrogens (tertiary/aromatic N) is 2. The van der Waals surface area contributed by atoms with Crippen molar-refractivity contribution >= 4 is 32.9 Å². The highest BCUT2D eigenvalue weighted by Gasteiger charge is 2.39. The Balaban J connectivity index is 1.66. The fourth-order valence-corrected chi connectivity index (χ4v) is 6.56. The summed E-state index contributed by atoms with van der Waals surface area (Å²) in [5, 5.41) is 1.87. The summed E-state index contributed by atoms with van der Waals surface area (Å²) in [6.07, 6.45) is 0.364. The first-order valence-electron chi connectivity index (χ1n) is 9.71. The third kappa shape index (κ3) is 5.82. The van der Waals surface area contributed by atoms with Gasteiger partial charge < -0.3 is 9.64 Å². The van der Waals surface area contributed by atoms with Crippen molar-refractivity contribution in [2.45, 2.75) is 44.6 Å². The van der Waals surface area contributed by atoms with Crippen molar-refractivity contribution in [3.05, 3.63) is 21.9 Å². The minimum atomic E-state index is -2.85. The van der Waals surface area contributed by atoms with Crippen molar-refractivity contribution in [3.63, 3.8) is 0 Å². The zero-order valence-corrected chi connectivity index (χ0v) is 18.0. The van der Waals surface area contributed by atoms with Gasteiger partial charge in [-0.15, -0.1) is 11.3 Å². The van der Waals surface area contributed by atoms with Crippen LogP contribution in [0.1, 0.15) is 47.3 Å². The quantitative estimate of drug-likeness (QED) is 0.706. The summed E-state index contributed by atoms with van der Waals surface area (Å²) >= 11 is 1.34. The summed E-state index contributed by atoms with van der Waals surface area (Å²) in [4.78, 5) is 27.4. The number of carbonyl (C=O) groups excluding carboxylic acids is 2. The number of hydrogen-bond donors (Lipinski definition) is 0. The van der Waals surface area contributed by atoms with Crippen molar-refractivity contribution in [2.24, 2.45) is 10.3 Å². The lowest BCUT2D eigenvalue weighted by Crippen LogP contribution is -2.33. The maximum atomic E-state index is 13.6. The van der Waals surface area contributed by atoms with E-state index >= 15 is 0 Å². The molecule has 2 amide bonds. The number of methoxy groups -OCH3 is 1. The molecule has 1 saturated heterocycles. The number of halogens is 2. The first kappa shape index (κ1) is 22.3. The molecule has 0 aromatic carbocycles. The Kier molecular flexibility index (Phi) is 7.06. The highest BCUT2D eigenvalue weighted by atomic mass is 32.2. The number of hydrogen-bond acceptors (Lipinski definition) is 5. The highest BCUT2D eigenvalue weighted by molar-refractivity contribution is 7.93. The van der Waals surface area contributed by atoms with E-state index in [1.54, 1.807) is 18.1 Å². The second kappa shape index (κ2) is 9.18. The van der Waals surface area contributed by atoms with Gasteiger partial charge in [0.25, 0.3) is 11.8 Å². The molecule has 29 heavy (non-hydrogen) atoms. The van der Waals surface area contributed by atoms with Crippen molar-refractivity contribution in [1.82, 2.24) is 4.90 Å². The zero-order valence-electron chi connectivity index (χ0n) is 16.4. The summed E-state index contributed by atoms with van der Waals surface area (Å²) in [5.41, 5.74) is 0.921. The SMILES string of the molecule is COCc1csc(C(=O)N2CCCS(=O)(=NC(=O)C3CCCC(F)(F)C3)CC2)c1. The van der Waals surface area contributed by atoms with Gasteiger partial charge in [0, 0.05) is 50.5 Å². The van der Waals surface area contributed by atoms with E-state index in [9.17, 15) is 22.6 Å². The van der Waals surface area contributed by atoms with Crippen LogP contribution in [0.15, 0.2) is 15.8 Å². The van der Waals surface area contributed by atoms with E-state index in [1.807, 2.05) is 5.38 Å². The van der Waals surface area contributed by atoms with Crippen LogP contribution >= 0.6 is 11.3 Å². The first-order valence-corrected chi connectivity index (χ1v) is 12.4. The highest BCUT2D eigenvalue weighted by Crippen LogP contribution is 2.37. The number of alkyl halides is 2. The summed E-state index contributed by atoms with van der Waals surface area (Å²) in [6.45, 7) is 1.09. The Bertz CT molecular complexity index is 877. The van der Waals surface area contributed by atoms with Gasteiger partial charge in [-0.05, 0) is 36.3 Å². The largest absolute Gasteiger partial charge is 0.380 e. The molecule has 2 fully saturated rings. The third-order valence-corrected chi connectivity index (χ3v) is 8.51. The number of ether oxygens (including phenoxy) is 1. The molecule has 1 aromatic rings. The molecule has 2 heterocycles. The molecule has 0 radical (unpaired) electrons. The third-order valence-electron chi connectivity index (χ3n) is 5.28. The van der Waals surface area contributed by atoms with Gasteiger partial charge in [0.15, 0.2) is 0 Å². The van der Waals surface area contributed by atoms with Gasteiger partial charge in [0.05, 0.1) is 21.2 Å². The molecule has 1 aliphatic heterocycles. The Morgan fingerprint density at radius 1 is 1.34 bits per heavy atom. The Morgan fingerprint density at radius 3 is 2.86 bits per heavy atom. The molecular formula is C19H26F2N2O4S2. The normalized spacial score (nSPS) is 27.3. The van der Waals surface area contributed by atoms with Crippen LogP contribution in [0.2, 0.25) is 0 Å². The lowest BCUT2D eigenvalue weighted by molar-refractivity contribution is -0.128. The van der Waals surface area contributed by atoms with E-state index in [1.165, 1.54) is 11.3 Å². The Hall–Kier alpha value is -1.39. The summed E-state index contributed by atoms with van der Waals surface area (Å²) in [7, 11) is -1.26. The van der Waals surface area contributed by atoms with Gasteiger partial charge in [-0.25, -0.2) is 13.0 Å². The average molecular weight is 449 g/mol. The van der Waals surface area contributed by atoms with Crippen LogP contribution in [0.5, 0.6) is 0 Å². The lowest BCUT2D eigenvalue weighted by atomic mass is 9.86. The molecule has 0 spiro atoms. The average Bonchev–Trinajstić information content (AvgIpc) is 3.03. The van der Waals surface area contributed by atoms with E-state index in [0.717, 1.165) is 5.56 Å². The second-order valence-electron chi connectivity index (χ2n) is 7.66. The fraction of sp³-hybridized carbons (Fsp3) is 0.684. The van der Waals surface area contributed by atoms with E-state index in [-0.39, 0.29) is 36.8 Å². The van der Waals surface area contributed by atoms with Crippen molar-refractivity contribution in [3.8, 4) is 0 Å². The molecule has 1 saturated carbocycles. The fourth-order valence-electron chi connectivity index (χ4n) is 3.75.